The van der Waals surface area contributed by atoms with Gasteiger partial charge in [0.1, 0.15) is 5.82 Å². The van der Waals surface area contributed by atoms with E-state index in [-0.39, 0.29) is 11.9 Å². The summed E-state index contributed by atoms with van der Waals surface area (Å²) >= 11 is 0. The Hall–Kier alpha value is -1.60. The summed E-state index contributed by atoms with van der Waals surface area (Å²) in [5.41, 5.74) is 1.55. The van der Waals surface area contributed by atoms with Crippen LogP contribution in [0.15, 0.2) is 12.1 Å². The molecule has 0 radical (unpaired) electrons. The zero-order chi connectivity index (χ0) is 13.1. The van der Waals surface area contributed by atoms with Gasteiger partial charge in [0.15, 0.2) is 0 Å². The fourth-order valence-corrected chi connectivity index (χ4v) is 2.19. The van der Waals surface area contributed by atoms with Crippen molar-refractivity contribution in [2.75, 3.05) is 11.9 Å². The maximum Gasteiger partial charge on any atom is 0.129 e. The molecule has 1 saturated heterocycles. The highest BCUT2D eigenvalue weighted by atomic mass is 19.1. The molecule has 0 saturated carbocycles. The number of nitrogens with zero attached hydrogens (tertiary/aromatic N) is 1. The average Bonchev–Trinajstić information content (AvgIpc) is 2.77. The summed E-state index contributed by atoms with van der Waals surface area (Å²) in [6.45, 7) is 4.41. The minimum Gasteiger partial charge on any atom is -0.382 e. The van der Waals surface area contributed by atoms with E-state index < -0.39 is 0 Å². The van der Waals surface area contributed by atoms with Gasteiger partial charge in [-0.15, -0.1) is 0 Å². The molecule has 1 aliphatic heterocycles. The Morgan fingerprint density at radius 2 is 2.28 bits per heavy atom. The van der Waals surface area contributed by atoms with Crippen LogP contribution in [-0.4, -0.2) is 18.8 Å². The smallest absolute Gasteiger partial charge is 0.129 e. The van der Waals surface area contributed by atoms with Gasteiger partial charge in [0.25, 0.3) is 0 Å². The molecule has 1 N–H and O–H groups in total. The summed E-state index contributed by atoms with van der Waals surface area (Å²) in [6, 6.07) is 4.90. The molecule has 0 spiro atoms. The quantitative estimate of drug-likeness (QED) is 0.894. The van der Waals surface area contributed by atoms with Crippen molar-refractivity contribution < 1.29 is 9.13 Å². The van der Waals surface area contributed by atoms with Gasteiger partial charge in [0.2, 0.25) is 0 Å². The molecule has 2 unspecified atom stereocenters. The van der Waals surface area contributed by atoms with Gasteiger partial charge in [-0.25, -0.2) is 4.39 Å². The van der Waals surface area contributed by atoms with E-state index in [0.717, 1.165) is 12.8 Å². The number of nitrogens with one attached hydrogen (secondary N) is 1. The molecule has 1 aromatic carbocycles. The third-order valence-corrected chi connectivity index (χ3v) is 3.31. The first kappa shape index (κ1) is 12.8. The summed E-state index contributed by atoms with van der Waals surface area (Å²) in [7, 11) is 0. The van der Waals surface area contributed by atoms with Gasteiger partial charge in [-0.1, -0.05) is 0 Å². The van der Waals surface area contributed by atoms with Crippen LogP contribution in [0.25, 0.3) is 0 Å². The van der Waals surface area contributed by atoms with Crippen LogP contribution in [0.5, 0.6) is 0 Å². The molecule has 3 nitrogen and oxygen atoms in total. The predicted molar refractivity (Wildman–Crippen MR) is 67.9 cm³/mol. The van der Waals surface area contributed by atoms with E-state index in [2.05, 4.69) is 12.2 Å². The van der Waals surface area contributed by atoms with Gasteiger partial charge in [-0.2, -0.15) is 5.26 Å². The number of halogens is 1. The molecule has 2 rings (SSSR count). The third-order valence-electron chi connectivity index (χ3n) is 3.31. The Bertz CT molecular complexity index is 481. The molecule has 4 heteroatoms. The summed E-state index contributed by atoms with van der Waals surface area (Å²) in [4.78, 5) is 0. The van der Waals surface area contributed by atoms with Crippen molar-refractivity contribution in [2.24, 2.45) is 0 Å². The van der Waals surface area contributed by atoms with Gasteiger partial charge < -0.3 is 10.1 Å². The van der Waals surface area contributed by atoms with Crippen molar-refractivity contribution in [3.05, 3.63) is 29.1 Å². The van der Waals surface area contributed by atoms with Gasteiger partial charge in [0, 0.05) is 17.8 Å². The van der Waals surface area contributed by atoms with E-state index in [9.17, 15) is 4.39 Å². The molecule has 0 aromatic heterocycles. The molecule has 18 heavy (non-hydrogen) atoms. The van der Waals surface area contributed by atoms with E-state index in [4.69, 9.17) is 10.00 Å². The van der Waals surface area contributed by atoms with Gasteiger partial charge in [-0.05, 0) is 38.8 Å². The lowest BCUT2D eigenvalue weighted by molar-refractivity contribution is 0.0637. The lowest BCUT2D eigenvalue weighted by Gasteiger charge is -2.15. The zero-order valence-corrected chi connectivity index (χ0v) is 10.7. The van der Waals surface area contributed by atoms with Crippen LogP contribution in [0.4, 0.5) is 10.1 Å². The molecule has 0 bridgehead atoms. The molecule has 1 aromatic rings. The van der Waals surface area contributed by atoms with Gasteiger partial charge in [-0.3, -0.25) is 0 Å². The zero-order valence-electron chi connectivity index (χ0n) is 10.7. The van der Waals surface area contributed by atoms with E-state index in [1.807, 2.05) is 6.07 Å². The third kappa shape index (κ3) is 2.80. The molecular formula is C14H17FN2O. The highest BCUT2D eigenvalue weighted by Gasteiger charge is 2.21. The summed E-state index contributed by atoms with van der Waals surface area (Å²) < 4.78 is 19.3. The molecule has 0 aliphatic carbocycles. The van der Waals surface area contributed by atoms with Gasteiger partial charge in [0.05, 0.1) is 23.8 Å². The topological polar surface area (TPSA) is 45.0 Å². The minimum absolute atomic E-state index is 0.174. The number of rotatable bonds is 3. The molecule has 1 fully saturated rings. The maximum absolute atomic E-state index is 13.6. The Morgan fingerprint density at radius 3 is 2.89 bits per heavy atom. The van der Waals surface area contributed by atoms with Crippen LogP contribution in [0.1, 0.15) is 30.9 Å². The number of anilines is 1. The number of benzene rings is 1. The van der Waals surface area contributed by atoms with Gasteiger partial charge >= 0.3 is 0 Å². The Kier molecular flexibility index (Phi) is 3.83. The fourth-order valence-electron chi connectivity index (χ4n) is 2.19. The molecule has 96 valence electrons. The van der Waals surface area contributed by atoms with E-state index in [1.165, 1.54) is 6.07 Å². The number of hydrogen-bond acceptors (Lipinski definition) is 3. The summed E-state index contributed by atoms with van der Waals surface area (Å²) in [5, 5.41) is 12.0. The average molecular weight is 248 g/mol. The van der Waals surface area contributed by atoms with Crippen LogP contribution in [0, 0.1) is 24.1 Å². The Labute approximate surface area is 107 Å². The first-order chi connectivity index (χ1) is 8.60. The second-order valence-electron chi connectivity index (χ2n) is 4.77. The molecule has 1 heterocycles. The lowest BCUT2D eigenvalue weighted by atomic mass is 10.1. The van der Waals surface area contributed by atoms with Crippen molar-refractivity contribution >= 4 is 5.69 Å². The van der Waals surface area contributed by atoms with E-state index in [1.54, 1.807) is 13.0 Å². The SMILES string of the molecule is Cc1c(F)cc(C#N)cc1NCC1CCC(C)O1. The number of hydrogen-bond donors (Lipinski definition) is 1. The van der Waals surface area contributed by atoms with E-state index >= 15 is 0 Å². The number of nitriles is 1. The van der Waals surface area contributed by atoms with Crippen LogP contribution in [-0.2, 0) is 4.74 Å². The molecule has 1 aliphatic rings. The fraction of sp³-hybridized carbons (Fsp3) is 0.500. The summed E-state index contributed by atoms with van der Waals surface area (Å²) in [5.74, 6) is -0.350. The van der Waals surface area contributed by atoms with Crippen LogP contribution in [0.3, 0.4) is 0 Å². The van der Waals surface area contributed by atoms with Crippen molar-refractivity contribution in [3.63, 3.8) is 0 Å². The van der Waals surface area contributed by atoms with Crippen molar-refractivity contribution in [2.45, 2.75) is 38.9 Å². The second kappa shape index (κ2) is 5.36. The van der Waals surface area contributed by atoms with Crippen molar-refractivity contribution in [1.29, 1.82) is 5.26 Å². The maximum atomic E-state index is 13.6. The first-order valence-corrected chi connectivity index (χ1v) is 6.19. The summed E-state index contributed by atoms with van der Waals surface area (Å²) in [6.07, 6.45) is 2.57. The molecule has 0 amide bonds. The standard InChI is InChI=1S/C14H17FN2O/c1-9-3-4-12(18-9)8-17-14-6-11(7-16)5-13(15)10(14)2/h5-6,9,12,17H,3-4,8H2,1-2H3. The minimum atomic E-state index is -0.350. The number of ether oxygens (including phenoxy) is 1. The lowest BCUT2D eigenvalue weighted by Crippen LogP contribution is -2.20. The highest BCUT2D eigenvalue weighted by molar-refractivity contribution is 5.55. The molecular weight excluding hydrogens is 231 g/mol. The molecule has 2 atom stereocenters. The second-order valence-corrected chi connectivity index (χ2v) is 4.77. The van der Waals surface area contributed by atoms with Crippen LogP contribution >= 0.6 is 0 Å². The Morgan fingerprint density at radius 1 is 1.50 bits per heavy atom. The monoisotopic (exact) mass is 248 g/mol. The van der Waals surface area contributed by atoms with Crippen molar-refractivity contribution in [1.82, 2.24) is 0 Å². The predicted octanol–water partition coefficient (Wildman–Crippen LogP) is 2.99. The van der Waals surface area contributed by atoms with Crippen molar-refractivity contribution in [3.8, 4) is 6.07 Å². The Balaban J connectivity index is 2.05. The normalized spacial score (nSPS) is 22.8. The largest absolute Gasteiger partial charge is 0.382 e. The van der Waals surface area contributed by atoms with Crippen LogP contribution in [0.2, 0.25) is 0 Å². The van der Waals surface area contributed by atoms with Crippen LogP contribution < -0.4 is 5.32 Å². The van der Waals surface area contributed by atoms with E-state index in [0.29, 0.717) is 29.5 Å². The highest BCUT2D eigenvalue weighted by Crippen LogP contribution is 2.23. The first-order valence-electron chi connectivity index (χ1n) is 6.19.